The predicted octanol–water partition coefficient (Wildman–Crippen LogP) is 3.06. The number of carboxylic acids is 1. The van der Waals surface area contributed by atoms with Crippen LogP contribution in [0.25, 0.3) is 10.9 Å². The molecule has 0 aliphatic rings. The lowest BCUT2D eigenvalue weighted by Gasteiger charge is -2.13. The van der Waals surface area contributed by atoms with Crippen molar-refractivity contribution in [3.63, 3.8) is 0 Å². The van der Waals surface area contributed by atoms with E-state index in [-0.39, 0.29) is 0 Å². The first-order valence-corrected chi connectivity index (χ1v) is 6.65. The highest BCUT2D eigenvalue weighted by Crippen LogP contribution is 2.26. The zero-order chi connectivity index (χ0) is 13.1. The topological polar surface area (TPSA) is 65.1 Å². The minimum Gasteiger partial charge on any atom is -0.480 e. The summed E-state index contributed by atoms with van der Waals surface area (Å²) in [4.78, 5) is 14.4. The van der Waals surface area contributed by atoms with Crippen molar-refractivity contribution in [1.82, 2.24) is 10.3 Å². The fourth-order valence-corrected chi connectivity index (χ4v) is 2.34. The molecule has 0 spiro atoms. The summed E-state index contributed by atoms with van der Waals surface area (Å²) in [7, 11) is 0. The maximum absolute atomic E-state index is 11.3. The van der Waals surface area contributed by atoms with Gasteiger partial charge in [-0.2, -0.15) is 0 Å². The zero-order valence-electron chi connectivity index (χ0n) is 10.0. The summed E-state index contributed by atoms with van der Waals surface area (Å²) in [6.45, 7) is 2.69. The number of fused-ring (bicyclic) bond motifs is 1. The van der Waals surface area contributed by atoms with Crippen LogP contribution in [-0.2, 0) is 4.79 Å². The third-order valence-electron chi connectivity index (χ3n) is 2.83. The molecule has 3 N–H and O–H groups in total. The van der Waals surface area contributed by atoms with Gasteiger partial charge in [-0.05, 0) is 25.1 Å². The summed E-state index contributed by atoms with van der Waals surface area (Å²) >= 11 is 3.40. The molecule has 1 aromatic heterocycles. The number of carbonyl (C=O) groups is 1. The first-order chi connectivity index (χ1) is 8.63. The van der Waals surface area contributed by atoms with E-state index in [2.05, 4.69) is 26.2 Å². The number of hydrogen-bond donors (Lipinski definition) is 3. The number of nitrogens with one attached hydrogen (secondary N) is 2. The summed E-state index contributed by atoms with van der Waals surface area (Å²) in [6, 6.07) is 5.12. The lowest BCUT2D eigenvalue weighted by molar-refractivity contribution is -0.139. The molecule has 18 heavy (non-hydrogen) atoms. The van der Waals surface area contributed by atoms with Crippen LogP contribution in [0, 0.1) is 0 Å². The summed E-state index contributed by atoms with van der Waals surface area (Å²) in [5.74, 6) is -0.854. The summed E-state index contributed by atoms with van der Waals surface area (Å²) in [5, 5.41) is 13.3. The number of aromatic nitrogens is 1. The lowest BCUT2D eigenvalue weighted by Crippen LogP contribution is -2.28. The number of hydrogen-bond acceptors (Lipinski definition) is 2. The minimum atomic E-state index is -0.854. The van der Waals surface area contributed by atoms with Crippen LogP contribution in [0.1, 0.15) is 24.9 Å². The molecule has 1 aromatic carbocycles. The van der Waals surface area contributed by atoms with Crippen molar-refractivity contribution in [1.29, 1.82) is 0 Å². The Balaban J connectivity index is 2.41. The van der Waals surface area contributed by atoms with Gasteiger partial charge in [0.1, 0.15) is 6.04 Å². The summed E-state index contributed by atoms with van der Waals surface area (Å²) < 4.78 is 0.969. The van der Waals surface area contributed by atoms with Crippen molar-refractivity contribution in [2.45, 2.75) is 19.4 Å². The average molecular weight is 311 g/mol. The summed E-state index contributed by atoms with van der Waals surface area (Å²) in [6.07, 6.45) is 2.66. The summed E-state index contributed by atoms with van der Waals surface area (Å²) in [5.41, 5.74) is 1.71. The van der Waals surface area contributed by atoms with E-state index in [9.17, 15) is 9.90 Å². The molecular weight excluding hydrogens is 296 g/mol. The number of benzene rings is 1. The van der Waals surface area contributed by atoms with Gasteiger partial charge >= 0.3 is 5.97 Å². The second-order valence-electron chi connectivity index (χ2n) is 4.16. The van der Waals surface area contributed by atoms with Crippen molar-refractivity contribution in [2.75, 3.05) is 6.54 Å². The Morgan fingerprint density at radius 1 is 1.56 bits per heavy atom. The van der Waals surface area contributed by atoms with Crippen LogP contribution in [0.5, 0.6) is 0 Å². The SMILES string of the molecule is CCCN[C@@H](C(=O)O)c1c[nH]c2cc(Br)ccc12. The van der Waals surface area contributed by atoms with E-state index in [1.54, 1.807) is 6.20 Å². The molecule has 0 unspecified atom stereocenters. The van der Waals surface area contributed by atoms with Crippen molar-refractivity contribution < 1.29 is 9.90 Å². The third kappa shape index (κ3) is 2.57. The van der Waals surface area contributed by atoms with E-state index in [0.29, 0.717) is 6.54 Å². The van der Waals surface area contributed by atoms with Gasteiger partial charge in [0.2, 0.25) is 0 Å². The number of carboxylic acid groups (broad SMARTS) is 1. The number of rotatable bonds is 5. The molecule has 0 amide bonds. The second-order valence-corrected chi connectivity index (χ2v) is 5.07. The van der Waals surface area contributed by atoms with Crippen LogP contribution in [0.3, 0.4) is 0 Å². The maximum atomic E-state index is 11.3. The van der Waals surface area contributed by atoms with Crippen LogP contribution in [0.4, 0.5) is 0 Å². The fraction of sp³-hybridized carbons (Fsp3) is 0.308. The van der Waals surface area contributed by atoms with Gasteiger partial charge in [0, 0.05) is 27.1 Å². The average Bonchev–Trinajstić information content (AvgIpc) is 2.72. The van der Waals surface area contributed by atoms with Crippen molar-refractivity contribution >= 4 is 32.8 Å². The third-order valence-corrected chi connectivity index (χ3v) is 3.33. The molecule has 1 atom stereocenters. The Morgan fingerprint density at radius 2 is 2.33 bits per heavy atom. The Bertz CT molecular complexity index is 565. The maximum Gasteiger partial charge on any atom is 0.325 e. The molecule has 0 saturated carbocycles. The molecule has 0 fully saturated rings. The predicted molar refractivity (Wildman–Crippen MR) is 74.7 cm³/mol. The minimum absolute atomic E-state index is 0.667. The number of halogens is 1. The molecule has 1 heterocycles. The van der Waals surface area contributed by atoms with E-state index in [4.69, 9.17) is 0 Å². The van der Waals surface area contributed by atoms with Gasteiger partial charge in [0.25, 0.3) is 0 Å². The lowest BCUT2D eigenvalue weighted by atomic mass is 10.1. The van der Waals surface area contributed by atoms with Gasteiger partial charge in [-0.3, -0.25) is 4.79 Å². The van der Waals surface area contributed by atoms with Crippen molar-refractivity contribution in [3.8, 4) is 0 Å². The molecule has 2 rings (SSSR count). The van der Waals surface area contributed by atoms with Crippen molar-refractivity contribution in [3.05, 3.63) is 34.4 Å². The van der Waals surface area contributed by atoms with E-state index < -0.39 is 12.0 Å². The zero-order valence-corrected chi connectivity index (χ0v) is 11.6. The van der Waals surface area contributed by atoms with Gasteiger partial charge in [-0.25, -0.2) is 0 Å². The van der Waals surface area contributed by atoms with Gasteiger partial charge in [0.15, 0.2) is 0 Å². The smallest absolute Gasteiger partial charge is 0.325 e. The van der Waals surface area contributed by atoms with Crippen LogP contribution in [0.15, 0.2) is 28.9 Å². The van der Waals surface area contributed by atoms with Gasteiger partial charge in [-0.15, -0.1) is 0 Å². The highest BCUT2D eigenvalue weighted by Gasteiger charge is 2.21. The highest BCUT2D eigenvalue weighted by molar-refractivity contribution is 9.10. The molecular formula is C13H15BrN2O2. The molecule has 0 saturated heterocycles. The largest absolute Gasteiger partial charge is 0.480 e. The standard InChI is InChI=1S/C13H15BrN2O2/c1-2-5-15-12(13(17)18)10-7-16-11-6-8(14)3-4-9(10)11/h3-4,6-7,12,15-16H,2,5H2,1H3,(H,17,18)/t12-/m1/s1. The fourth-order valence-electron chi connectivity index (χ4n) is 1.98. The van der Waals surface area contributed by atoms with E-state index in [0.717, 1.165) is 27.4 Å². The number of aromatic amines is 1. The first-order valence-electron chi connectivity index (χ1n) is 5.86. The van der Waals surface area contributed by atoms with Crippen molar-refractivity contribution in [2.24, 2.45) is 0 Å². The number of H-pyrrole nitrogens is 1. The van der Waals surface area contributed by atoms with Gasteiger partial charge in [-0.1, -0.05) is 28.9 Å². The molecule has 0 radical (unpaired) electrons. The van der Waals surface area contributed by atoms with Crippen LogP contribution in [0.2, 0.25) is 0 Å². The monoisotopic (exact) mass is 310 g/mol. The Hall–Kier alpha value is -1.33. The molecule has 0 bridgehead atoms. The molecule has 4 nitrogen and oxygen atoms in total. The molecule has 96 valence electrons. The van der Waals surface area contributed by atoms with Crippen LogP contribution < -0.4 is 5.32 Å². The molecule has 0 aliphatic carbocycles. The van der Waals surface area contributed by atoms with Gasteiger partial charge < -0.3 is 15.4 Å². The highest BCUT2D eigenvalue weighted by atomic mass is 79.9. The van der Waals surface area contributed by atoms with Crippen LogP contribution in [-0.4, -0.2) is 22.6 Å². The molecule has 5 heteroatoms. The van der Waals surface area contributed by atoms with E-state index in [1.165, 1.54) is 0 Å². The quantitative estimate of drug-likeness (QED) is 0.795. The van der Waals surface area contributed by atoms with Gasteiger partial charge in [0.05, 0.1) is 0 Å². The first kappa shape index (κ1) is 13.1. The Kier molecular flexibility index (Phi) is 4.04. The number of aliphatic carboxylic acids is 1. The normalized spacial score (nSPS) is 12.8. The Labute approximate surface area is 114 Å². The Morgan fingerprint density at radius 3 is 3.00 bits per heavy atom. The van der Waals surface area contributed by atoms with E-state index in [1.807, 2.05) is 25.1 Å². The van der Waals surface area contributed by atoms with Crippen LogP contribution >= 0.6 is 15.9 Å². The van der Waals surface area contributed by atoms with E-state index >= 15 is 0 Å². The second kappa shape index (κ2) is 5.54. The molecule has 2 aromatic rings. The molecule has 0 aliphatic heterocycles.